The fraction of sp³-hybridized carbons (Fsp3) is 0.348. The lowest BCUT2D eigenvalue weighted by atomic mass is 10.0. The third kappa shape index (κ3) is 4.44. The van der Waals surface area contributed by atoms with Crippen LogP contribution in [0.3, 0.4) is 0 Å². The minimum absolute atomic E-state index is 0.00945. The highest BCUT2D eigenvalue weighted by Gasteiger charge is 2.29. The number of nitrogens with zero attached hydrogens (tertiary/aromatic N) is 3. The van der Waals surface area contributed by atoms with Crippen LogP contribution in [0.15, 0.2) is 45.3 Å². The average Bonchev–Trinajstić information content (AvgIpc) is 3.31. The second-order valence-electron chi connectivity index (χ2n) is 7.88. The van der Waals surface area contributed by atoms with Gasteiger partial charge in [-0.2, -0.15) is 5.10 Å². The highest BCUT2D eigenvalue weighted by atomic mass is 79.9. The molecule has 162 valence electrons. The fourth-order valence-corrected chi connectivity index (χ4v) is 4.25. The molecule has 0 aliphatic carbocycles. The first-order valence-corrected chi connectivity index (χ1v) is 11.1. The maximum absolute atomic E-state index is 13.3. The van der Waals surface area contributed by atoms with Crippen LogP contribution in [0.5, 0.6) is 0 Å². The van der Waals surface area contributed by atoms with Crippen molar-refractivity contribution in [3.63, 3.8) is 0 Å². The lowest BCUT2D eigenvalue weighted by molar-refractivity contribution is 0.0694. The smallest absolute Gasteiger partial charge is 0.287 e. The highest BCUT2D eigenvalue weighted by molar-refractivity contribution is 9.10. The van der Waals surface area contributed by atoms with E-state index in [9.17, 15) is 9.59 Å². The summed E-state index contributed by atoms with van der Waals surface area (Å²) < 4.78 is 8.19. The number of furan rings is 1. The maximum atomic E-state index is 13.3. The van der Waals surface area contributed by atoms with E-state index in [1.807, 2.05) is 54.6 Å². The molecule has 1 aliphatic heterocycles. The largest absolute Gasteiger partial charge is 0.456 e. The molecule has 0 radical (unpaired) electrons. The Morgan fingerprint density at radius 2 is 1.74 bits per heavy atom. The number of rotatable bonds is 4. The predicted molar refractivity (Wildman–Crippen MR) is 121 cm³/mol. The number of aromatic nitrogens is 2. The molecule has 3 aromatic rings. The molecule has 2 amide bonds. The number of hydrogen-bond acceptors (Lipinski definition) is 4. The van der Waals surface area contributed by atoms with Gasteiger partial charge >= 0.3 is 0 Å². The summed E-state index contributed by atoms with van der Waals surface area (Å²) in [6.07, 6.45) is 1.41. The van der Waals surface area contributed by atoms with Gasteiger partial charge in [-0.1, -0.05) is 15.9 Å². The molecule has 8 heteroatoms. The molecule has 0 saturated carbocycles. The Kier molecular flexibility index (Phi) is 6.00. The van der Waals surface area contributed by atoms with Crippen LogP contribution in [0.2, 0.25) is 0 Å². The van der Waals surface area contributed by atoms with Gasteiger partial charge in [0.2, 0.25) is 0 Å². The standard InChI is InChI=1S/C23H25BrN4O3/c1-14-4-9-20(31-14)22(29)25-18-10-12-27(13-11-18)23(30)21-15(2)26-28(16(21)3)19-7-5-17(24)6-8-19/h4-9,18H,10-13H2,1-3H3,(H,25,29). The summed E-state index contributed by atoms with van der Waals surface area (Å²) in [5.74, 6) is 0.813. The molecule has 31 heavy (non-hydrogen) atoms. The normalized spacial score (nSPS) is 14.6. The molecule has 0 unspecified atom stereocenters. The second kappa shape index (κ2) is 8.70. The minimum Gasteiger partial charge on any atom is -0.456 e. The van der Waals surface area contributed by atoms with Gasteiger partial charge in [-0.3, -0.25) is 9.59 Å². The van der Waals surface area contributed by atoms with Crippen molar-refractivity contribution in [3.05, 3.63) is 69.3 Å². The molecule has 1 N–H and O–H groups in total. The Morgan fingerprint density at radius 1 is 1.06 bits per heavy atom. The van der Waals surface area contributed by atoms with E-state index in [4.69, 9.17) is 4.42 Å². The van der Waals surface area contributed by atoms with Gasteiger partial charge in [0, 0.05) is 23.6 Å². The fourth-order valence-electron chi connectivity index (χ4n) is 3.98. The van der Waals surface area contributed by atoms with Gasteiger partial charge in [-0.05, 0) is 70.0 Å². The summed E-state index contributed by atoms with van der Waals surface area (Å²) in [4.78, 5) is 27.4. The Balaban J connectivity index is 1.42. The molecule has 0 atom stereocenters. The quantitative estimate of drug-likeness (QED) is 0.601. The van der Waals surface area contributed by atoms with Crippen LogP contribution in [0.25, 0.3) is 5.69 Å². The SMILES string of the molecule is Cc1ccc(C(=O)NC2CCN(C(=O)c3c(C)nn(-c4ccc(Br)cc4)c3C)CC2)o1. The molecule has 2 aromatic heterocycles. The van der Waals surface area contributed by atoms with E-state index in [1.165, 1.54) is 0 Å². The maximum Gasteiger partial charge on any atom is 0.287 e. The first kappa shape index (κ1) is 21.4. The van der Waals surface area contributed by atoms with Crippen molar-refractivity contribution in [3.8, 4) is 5.69 Å². The van der Waals surface area contributed by atoms with Crippen molar-refractivity contribution in [1.82, 2.24) is 20.0 Å². The van der Waals surface area contributed by atoms with Crippen LogP contribution in [-0.4, -0.2) is 45.6 Å². The molecule has 4 rings (SSSR count). The van der Waals surface area contributed by atoms with Gasteiger partial charge in [0.25, 0.3) is 11.8 Å². The molecule has 1 aliphatic rings. The van der Waals surface area contributed by atoms with Crippen LogP contribution >= 0.6 is 15.9 Å². The second-order valence-corrected chi connectivity index (χ2v) is 8.80. The average molecular weight is 485 g/mol. The lowest BCUT2D eigenvalue weighted by Gasteiger charge is -2.32. The summed E-state index contributed by atoms with van der Waals surface area (Å²) in [6, 6.07) is 11.3. The number of carbonyl (C=O) groups excluding carboxylic acids is 2. The number of piperidine rings is 1. The molecule has 3 heterocycles. The van der Waals surface area contributed by atoms with E-state index in [1.54, 1.807) is 12.1 Å². The van der Waals surface area contributed by atoms with Gasteiger partial charge < -0.3 is 14.6 Å². The van der Waals surface area contributed by atoms with Gasteiger partial charge in [0.05, 0.1) is 22.6 Å². The van der Waals surface area contributed by atoms with E-state index in [2.05, 4.69) is 26.3 Å². The van der Waals surface area contributed by atoms with Crippen molar-refractivity contribution >= 4 is 27.7 Å². The number of likely N-dealkylation sites (tertiary alicyclic amines) is 1. The summed E-state index contributed by atoms with van der Waals surface area (Å²) in [6.45, 7) is 6.78. The number of amides is 2. The topological polar surface area (TPSA) is 80.4 Å². The molecule has 0 spiro atoms. The Morgan fingerprint density at radius 3 is 2.35 bits per heavy atom. The van der Waals surface area contributed by atoms with Crippen LogP contribution < -0.4 is 5.32 Å². The summed E-state index contributed by atoms with van der Waals surface area (Å²) in [5, 5.41) is 7.61. The lowest BCUT2D eigenvalue weighted by Crippen LogP contribution is -2.46. The van der Waals surface area contributed by atoms with Gasteiger partial charge in [0.15, 0.2) is 5.76 Å². The monoisotopic (exact) mass is 484 g/mol. The van der Waals surface area contributed by atoms with E-state index < -0.39 is 0 Å². The predicted octanol–water partition coefficient (Wildman–Crippen LogP) is 4.19. The number of aryl methyl sites for hydroxylation is 2. The van der Waals surface area contributed by atoms with Crippen molar-refractivity contribution in [2.24, 2.45) is 0 Å². The van der Waals surface area contributed by atoms with Gasteiger partial charge in [0.1, 0.15) is 5.76 Å². The number of nitrogens with one attached hydrogen (secondary N) is 1. The van der Waals surface area contributed by atoms with Crippen LogP contribution in [0.1, 0.15) is 50.9 Å². The third-order valence-electron chi connectivity index (χ3n) is 5.66. The number of hydrogen-bond donors (Lipinski definition) is 1. The zero-order valence-corrected chi connectivity index (χ0v) is 19.4. The highest BCUT2D eigenvalue weighted by Crippen LogP contribution is 2.23. The van der Waals surface area contributed by atoms with Gasteiger partial charge in [-0.25, -0.2) is 4.68 Å². The molecule has 0 bridgehead atoms. The van der Waals surface area contributed by atoms with Crippen molar-refractivity contribution in [2.75, 3.05) is 13.1 Å². The number of benzene rings is 1. The molecule has 7 nitrogen and oxygen atoms in total. The van der Waals surface area contributed by atoms with Crippen molar-refractivity contribution in [2.45, 2.75) is 39.7 Å². The molecular weight excluding hydrogens is 460 g/mol. The molecule has 1 aromatic carbocycles. The van der Waals surface area contributed by atoms with E-state index >= 15 is 0 Å². The van der Waals surface area contributed by atoms with E-state index in [-0.39, 0.29) is 17.9 Å². The zero-order valence-electron chi connectivity index (χ0n) is 17.8. The van der Waals surface area contributed by atoms with Crippen LogP contribution in [0, 0.1) is 20.8 Å². The first-order chi connectivity index (χ1) is 14.8. The third-order valence-corrected chi connectivity index (χ3v) is 6.19. The van der Waals surface area contributed by atoms with Crippen molar-refractivity contribution in [1.29, 1.82) is 0 Å². The first-order valence-electron chi connectivity index (χ1n) is 10.3. The molecule has 1 saturated heterocycles. The summed E-state index contributed by atoms with van der Waals surface area (Å²) >= 11 is 3.44. The minimum atomic E-state index is -0.208. The summed E-state index contributed by atoms with van der Waals surface area (Å²) in [7, 11) is 0. The summed E-state index contributed by atoms with van der Waals surface area (Å²) in [5.41, 5.74) is 3.11. The zero-order chi connectivity index (χ0) is 22.1. The molecule has 1 fully saturated rings. The Hall–Kier alpha value is -2.87. The van der Waals surface area contributed by atoms with Gasteiger partial charge in [-0.15, -0.1) is 0 Å². The number of carbonyl (C=O) groups is 2. The van der Waals surface area contributed by atoms with Crippen molar-refractivity contribution < 1.29 is 14.0 Å². The van der Waals surface area contributed by atoms with Crippen LogP contribution in [0.4, 0.5) is 0 Å². The Labute approximate surface area is 189 Å². The number of halogens is 1. The van der Waals surface area contributed by atoms with E-state index in [0.29, 0.717) is 48.7 Å². The molecular formula is C23H25BrN4O3. The Bertz CT molecular complexity index is 1110. The van der Waals surface area contributed by atoms with E-state index in [0.717, 1.165) is 15.9 Å². The van der Waals surface area contributed by atoms with Crippen LogP contribution in [-0.2, 0) is 0 Å².